The third-order valence-electron chi connectivity index (χ3n) is 3.61. The van der Waals surface area contributed by atoms with Gasteiger partial charge in [-0.3, -0.25) is 0 Å². The van der Waals surface area contributed by atoms with Crippen LogP contribution in [0.2, 0.25) is 0 Å². The second kappa shape index (κ2) is 7.27. The summed E-state index contributed by atoms with van der Waals surface area (Å²) in [5, 5.41) is 0. The smallest absolute Gasteiger partial charge is 0.244 e. The van der Waals surface area contributed by atoms with Crippen molar-refractivity contribution in [2.24, 2.45) is 5.92 Å². The molecule has 0 bridgehead atoms. The van der Waals surface area contributed by atoms with Crippen LogP contribution in [0.1, 0.15) is 25.5 Å². The maximum Gasteiger partial charge on any atom is 0.244 e. The zero-order chi connectivity index (χ0) is 17.9. The van der Waals surface area contributed by atoms with Gasteiger partial charge < -0.3 is 4.74 Å². The SMILES string of the molecule is COc1ccc(C(NS(=O)(=O)c2ccc(F)cc2F)C(C)C)cc1. The van der Waals surface area contributed by atoms with Crippen molar-refractivity contribution in [3.05, 3.63) is 59.7 Å². The Bertz CT molecular complexity index is 805. The van der Waals surface area contributed by atoms with Crippen molar-refractivity contribution in [1.82, 2.24) is 4.72 Å². The van der Waals surface area contributed by atoms with E-state index in [1.807, 2.05) is 13.8 Å². The van der Waals surface area contributed by atoms with E-state index < -0.39 is 32.6 Å². The van der Waals surface area contributed by atoms with E-state index in [4.69, 9.17) is 4.74 Å². The number of halogens is 2. The summed E-state index contributed by atoms with van der Waals surface area (Å²) in [5.74, 6) is -1.40. The summed E-state index contributed by atoms with van der Waals surface area (Å²) in [4.78, 5) is -0.580. The van der Waals surface area contributed by atoms with E-state index in [1.165, 1.54) is 7.11 Å². The molecule has 0 spiro atoms. The molecule has 24 heavy (non-hydrogen) atoms. The van der Waals surface area contributed by atoms with E-state index in [2.05, 4.69) is 4.72 Å². The van der Waals surface area contributed by atoms with Gasteiger partial charge in [0, 0.05) is 12.1 Å². The Morgan fingerprint density at radius 3 is 2.17 bits per heavy atom. The minimum atomic E-state index is -4.14. The Morgan fingerprint density at radius 2 is 1.67 bits per heavy atom. The maximum absolute atomic E-state index is 13.8. The number of nitrogens with one attached hydrogen (secondary N) is 1. The van der Waals surface area contributed by atoms with E-state index in [0.717, 1.165) is 17.7 Å². The summed E-state index contributed by atoms with van der Waals surface area (Å²) in [6.07, 6.45) is 0. The maximum atomic E-state index is 13.8. The van der Waals surface area contributed by atoms with Gasteiger partial charge in [-0.05, 0) is 35.7 Å². The van der Waals surface area contributed by atoms with Gasteiger partial charge in [0.25, 0.3) is 0 Å². The molecule has 0 aliphatic heterocycles. The van der Waals surface area contributed by atoms with Crippen LogP contribution >= 0.6 is 0 Å². The first kappa shape index (κ1) is 18.4. The van der Waals surface area contributed by atoms with E-state index in [9.17, 15) is 17.2 Å². The molecule has 130 valence electrons. The summed E-state index contributed by atoms with van der Waals surface area (Å²) >= 11 is 0. The molecule has 0 aliphatic carbocycles. The molecule has 2 aromatic carbocycles. The number of benzene rings is 2. The quantitative estimate of drug-likeness (QED) is 0.861. The van der Waals surface area contributed by atoms with Gasteiger partial charge >= 0.3 is 0 Å². The van der Waals surface area contributed by atoms with Crippen LogP contribution in [-0.4, -0.2) is 15.5 Å². The second-order valence-corrected chi connectivity index (χ2v) is 7.37. The van der Waals surface area contributed by atoms with E-state index in [-0.39, 0.29) is 5.92 Å². The molecule has 1 unspecified atom stereocenters. The van der Waals surface area contributed by atoms with E-state index in [1.54, 1.807) is 24.3 Å². The first-order chi connectivity index (χ1) is 11.2. The van der Waals surface area contributed by atoms with Gasteiger partial charge in [-0.2, -0.15) is 0 Å². The summed E-state index contributed by atoms with van der Waals surface area (Å²) in [7, 11) is -2.60. The molecule has 4 nitrogen and oxygen atoms in total. The van der Waals surface area contributed by atoms with Crippen molar-refractivity contribution in [2.45, 2.75) is 24.8 Å². The summed E-state index contributed by atoms with van der Waals surface area (Å²) < 4.78 is 59.3. The zero-order valence-corrected chi connectivity index (χ0v) is 14.4. The van der Waals surface area contributed by atoms with Crippen LogP contribution in [0.5, 0.6) is 5.75 Å². The van der Waals surface area contributed by atoms with Crippen LogP contribution in [0.15, 0.2) is 47.4 Å². The number of methoxy groups -OCH3 is 1. The monoisotopic (exact) mass is 355 g/mol. The van der Waals surface area contributed by atoms with Crippen molar-refractivity contribution < 1.29 is 21.9 Å². The number of rotatable bonds is 6. The fourth-order valence-corrected chi connectivity index (χ4v) is 3.76. The third kappa shape index (κ3) is 4.10. The molecule has 0 aromatic heterocycles. The molecule has 0 heterocycles. The highest BCUT2D eigenvalue weighted by Crippen LogP contribution is 2.26. The number of ether oxygens (including phenoxy) is 1. The van der Waals surface area contributed by atoms with Gasteiger partial charge in [-0.1, -0.05) is 26.0 Å². The summed E-state index contributed by atoms with van der Waals surface area (Å²) in [6, 6.07) is 8.74. The van der Waals surface area contributed by atoms with Gasteiger partial charge in [0.15, 0.2) is 0 Å². The van der Waals surface area contributed by atoms with Crippen molar-refractivity contribution >= 4 is 10.0 Å². The second-order valence-electron chi connectivity index (χ2n) is 5.69. The molecule has 0 amide bonds. The zero-order valence-electron chi connectivity index (χ0n) is 13.6. The minimum absolute atomic E-state index is 0.0864. The van der Waals surface area contributed by atoms with Crippen molar-refractivity contribution in [3.8, 4) is 5.75 Å². The lowest BCUT2D eigenvalue weighted by Gasteiger charge is -2.23. The Hall–Kier alpha value is -1.99. The highest BCUT2D eigenvalue weighted by molar-refractivity contribution is 7.89. The molecule has 0 saturated heterocycles. The Morgan fingerprint density at radius 1 is 1.04 bits per heavy atom. The lowest BCUT2D eigenvalue weighted by atomic mass is 9.97. The van der Waals surface area contributed by atoms with Gasteiger partial charge in [-0.25, -0.2) is 21.9 Å². The van der Waals surface area contributed by atoms with Crippen molar-refractivity contribution in [3.63, 3.8) is 0 Å². The molecular weight excluding hydrogens is 336 g/mol. The number of sulfonamides is 1. The molecule has 2 rings (SSSR count). The van der Waals surface area contributed by atoms with Crippen LogP contribution in [0.25, 0.3) is 0 Å². The van der Waals surface area contributed by atoms with Crippen LogP contribution < -0.4 is 9.46 Å². The molecule has 1 N–H and O–H groups in total. The predicted molar refractivity (Wildman–Crippen MR) is 87.3 cm³/mol. The summed E-state index contributed by atoms with van der Waals surface area (Å²) in [6.45, 7) is 3.69. The first-order valence-electron chi connectivity index (χ1n) is 7.36. The van der Waals surface area contributed by atoms with Crippen LogP contribution in [-0.2, 0) is 10.0 Å². The van der Waals surface area contributed by atoms with Crippen molar-refractivity contribution in [2.75, 3.05) is 7.11 Å². The molecule has 1 atom stereocenters. The van der Waals surface area contributed by atoms with Gasteiger partial charge in [0.1, 0.15) is 22.3 Å². The Labute approximate surface area is 140 Å². The Balaban J connectivity index is 2.35. The van der Waals surface area contributed by atoms with Crippen molar-refractivity contribution in [1.29, 1.82) is 0 Å². The fourth-order valence-electron chi connectivity index (χ4n) is 2.32. The van der Waals surface area contributed by atoms with Crippen LogP contribution in [0.3, 0.4) is 0 Å². The molecule has 0 radical (unpaired) electrons. The molecule has 0 fully saturated rings. The van der Waals surface area contributed by atoms with E-state index in [0.29, 0.717) is 11.8 Å². The standard InChI is InChI=1S/C17H19F2NO3S/c1-11(2)17(12-4-7-14(23-3)8-5-12)20-24(21,22)16-9-6-13(18)10-15(16)19/h4-11,17,20H,1-3H3. The molecule has 2 aromatic rings. The third-order valence-corrected chi connectivity index (χ3v) is 5.08. The lowest BCUT2D eigenvalue weighted by molar-refractivity contribution is 0.413. The fraction of sp³-hybridized carbons (Fsp3) is 0.294. The molecule has 0 aliphatic rings. The summed E-state index contributed by atoms with van der Waals surface area (Å²) in [5.41, 5.74) is 0.719. The van der Waals surface area contributed by atoms with Gasteiger partial charge in [0.2, 0.25) is 10.0 Å². The predicted octanol–water partition coefficient (Wildman–Crippen LogP) is 3.65. The van der Waals surface area contributed by atoms with Gasteiger partial charge in [-0.15, -0.1) is 0 Å². The average molecular weight is 355 g/mol. The van der Waals surface area contributed by atoms with Crippen LogP contribution in [0.4, 0.5) is 8.78 Å². The number of hydrogen-bond donors (Lipinski definition) is 1. The highest BCUT2D eigenvalue weighted by Gasteiger charge is 2.26. The minimum Gasteiger partial charge on any atom is -0.497 e. The van der Waals surface area contributed by atoms with Crippen LogP contribution in [0, 0.1) is 17.6 Å². The normalized spacial score (nSPS) is 13.1. The molecular formula is C17H19F2NO3S. The largest absolute Gasteiger partial charge is 0.497 e. The number of hydrogen-bond acceptors (Lipinski definition) is 3. The van der Waals surface area contributed by atoms with E-state index >= 15 is 0 Å². The molecule has 7 heteroatoms. The highest BCUT2D eigenvalue weighted by atomic mass is 32.2. The average Bonchev–Trinajstić information content (AvgIpc) is 2.52. The van der Waals surface area contributed by atoms with Gasteiger partial charge in [0.05, 0.1) is 7.11 Å². The lowest BCUT2D eigenvalue weighted by Crippen LogP contribution is -2.32. The first-order valence-corrected chi connectivity index (χ1v) is 8.84. The molecule has 0 saturated carbocycles. The Kier molecular flexibility index (Phi) is 5.56. The topological polar surface area (TPSA) is 55.4 Å².